The average Bonchev–Trinajstić information content (AvgIpc) is 2.82. The molecule has 5 nitrogen and oxygen atoms in total. The van der Waals surface area contributed by atoms with Crippen LogP contribution in [0.4, 0.5) is 4.39 Å². The predicted octanol–water partition coefficient (Wildman–Crippen LogP) is 0.363. The largest absolute Gasteiger partial charge is 0.329 e. The van der Waals surface area contributed by atoms with Gasteiger partial charge in [0, 0.05) is 6.54 Å². The Hall–Kier alpha value is -1.95. The standard InChI is InChI=1S/C12H12FN3O2/c13-8-2-1-3-9-10(8)11(17)16(12(18)15-9)7-4-5-14-6-7/h1-3,7,14H,4-6H2,(H,15,18). The van der Waals surface area contributed by atoms with Crippen molar-refractivity contribution < 1.29 is 4.39 Å². The Bertz CT molecular complexity index is 713. The summed E-state index contributed by atoms with van der Waals surface area (Å²) in [6.07, 6.45) is 0.697. The zero-order valence-corrected chi connectivity index (χ0v) is 9.57. The molecule has 2 heterocycles. The average molecular weight is 249 g/mol. The highest BCUT2D eigenvalue weighted by Gasteiger charge is 2.21. The molecule has 1 unspecified atom stereocenters. The van der Waals surface area contributed by atoms with Gasteiger partial charge in [0.25, 0.3) is 5.56 Å². The molecule has 0 aliphatic carbocycles. The molecule has 0 radical (unpaired) electrons. The molecule has 1 saturated heterocycles. The van der Waals surface area contributed by atoms with E-state index in [0.29, 0.717) is 13.0 Å². The minimum Gasteiger partial charge on any atom is -0.315 e. The second-order valence-corrected chi connectivity index (χ2v) is 4.41. The number of hydrogen-bond donors (Lipinski definition) is 2. The fraction of sp³-hybridized carbons (Fsp3) is 0.333. The highest BCUT2D eigenvalue weighted by atomic mass is 19.1. The lowest BCUT2D eigenvalue weighted by molar-refractivity contribution is 0.506. The van der Waals surface area contributed by atoms with Gasteiger partial charge in [-0.1, -0.05) is 6.07 Å². The predicted molar refractivity (Wildman–Crippen MR) is 65.3 cm³/mol. The molecule has 1 aromatic heterocycles. The molecule has 1 aliphatic rings. The van der Waals surface area contributed by atoms with Gasteiger partial charge in [0.1, 0.15) is 5.82 Å². The minimum absolute atomic E-state index is 0.0519. The van der Waals surface area contributed by atoms with Crippen LogP contribution in [0.5, 0.6) is 0 Å². The van der Waals surface area contributed by atoms with E-state index < -0.39 is 17.1 Å². The molecule has 0 saturated carbocycles. The first-order valence-electron chi connectivity index (χ1n) is 5.82. The van der Waals surface area contributed by atoms with Crippen LogP contribution >= 0.6 is 0 Å². The number of fused-ring (bicyclic) bond motifs is 1. The third kappa shape index (κ3) is 1.57. The molecule has 18 heavy (non-hydrogen) atoms. The maximum atomic E-state index is 13.7. The van der Waals surface area contributed by atoms with Crippen molar-refractivity contribution in [3.63, 3.8) is 0 Å². The van der Waals surface area contributed by atoms with E-state index in [1.54, 1.807) is 0 Å². The molecule has 1 aromatic carbocycles. The van der Waals surface area contributed by atoms with Gasteiger partial charge in [-0.25, -0.2) is 9.18 Å². The molecular weight excluding hydrogens is 237 g/mol. The van der Waals surface area contributed by atoms with Gasteiger partial charge in [-0.05, 0) is 25.1 Å². The van der Waals surface area contributed by atoms with Crippen molar-refractivity contribution in [3.05, 3.63) is 44.9 Å². The van der Waals surface area contributed by atoms with Crippen molar-refractivity contribution in [1.82, 2.24) is 14.9 Å². The quantitative estimate of drug-likeness (QED) is 0.767. The van der Waals surface area contributed by atoms with Gasteiger partial charge in [-0.2, -0.15) is 0 Å². The molecule has 1 atom stereocenters. The van der Waals surface area contributed by atoms with Crippen LogP contribution < -0.4 is 16.6 Å². The van der Waals surface area contributed by atoms with Crippen molar-refractivity contribution in [2.75, 3.05) is 13.1 Å². The molecule has 0 amide bonds. The van der Waals surface area contributed by atoms with Gasteiger partial charge < -0.3 is 10.3 Å². The van der Waals surface area contributed by atoms with E-state index in [2.05, 4.69) is 10.3 Å². The van der Waals surface area contributed by atoms with Gasteiger partial charge in [-0.3, -0.25) is 9.36 Å². The Morgan fingerprint density at radius 1 is 1.33 bits per heavy atom. The molecule has 1 fully saturated rings. The molecule has 2 N–H and O–H groups in total. The number of halogens is 1. The number of H-pyrrole nitrogens is 1. The lowest BCUT2D eigenvalue weighted by atomic mass is 10.2. The van der Waals surface area contributed by atoms with Crippen molar-refractivity contribution in [2.45, 2.75) is 12.5 Å². The molecule has 0 bridgehead atoms. The summed E-state index contributed by atoms with van der Waals surface area (Å²) in [4.78, 5) is 26.7. The number of benzene rings is 1. The lowest BCUT2D eigenvalue weighted by Crippen LogP contribution is -2.39. The third-order valence-corrected chi connectivity index (χ3v) is 3.31. The van der Waals surface area contributed by atoms with Crippen LogP contribution in [0.25, 0.3) is 10.9 Å². The highest BCUT2D eigenvalue weighted by Crippen LogP contribution is 2.14. The van der Waals surface area contributed by atoms with E-state index >= 15 is 0 Å². The van der Waals surface area contributed by atoms with Gasteiger partial charge >= 0.3 is 5.69 Å². The smallest absolute Gasteiger partial charge is 0.315 e. The van der Waals surface area contributed by atoms with Crippen LogP contribution in [0.1, 0.15) is 12.5 Å². The molecule has 2 aromatic rings. The topological polar surface area (TPSA) is 66.9 Å². The summed E-state index contributed by atoms with van der Waals surface area (Å²) < 4.78 is 14.8. The Labute approximate surface area is 101 Å². The van der Waals surface area contributed by atoms with E-state index in [9.17, 15) is 14.0 Å². The monoisotopic (exact) mass is 249 g/mol. The Kier molecular flexibility index (Phi) is 2.52. The van der Waals surface area contributed by atoms with Crippen LogP contribution in [0.15, 0.2) is 27.8 Å². The summed E-state index contributed by atoms with van der Waals surface area (Å²) in [6, 6.07) is 4.01. The molecule has 3 rings (SSSR count). The normalized spacial score (nSPS) is 19.5. The summed E-state index contributed by atoms with van der Waals surface area (Å²) in [5.41, 5.74) is -0.792. The Balaban J connectivity index is 2.36. The third-order valence-electron chi connectivity index (χ3n) is 3.31. The van der Waals surface area contributed by atoms with Crippen molar-refractivity contribution >= 4 is 10.9 Å². The number of aromatic nitrogens is 2. The maximum absolute atomic E-state index is 13.7. The summed E-state index contributed by atoms with van der Waals surface area (Å²) in [7, 11) is 0. The van der Waals surface area contributed by atoms with Crippen molar-refractivity contribution in [2.24, 2.45) is 0 Å². The van der Waals surface area contributed by atoms with Crippen LogP contribution in [0, 0.1) is 5.82 Å². The van der Waals surface area contributed by atoms with Crippen molar-refractivity contribution in [1.29, 1.82) is 0 Å². The first kappa shape index (κ1) is 11.2. The zero-order valence-electron chi connectivity index (χ0n) is 9.57. The summed E-state index contributed by atoms with van der Waals surface area (Å²) in [6.45, 7) is 1.31. The van der Waals surface area contributed by atoms with Crippen LogP contribution in [0.2, 0.25) is 0 Å². The molecule has 94 valence electrons. The summed E-state index contributed by atoms with van der Waals surface area (Å²) >= 11 is 0. The van der Waals surface area contributed by atoms with E-state index in [0.717, 1.165) is 11.1 Å². The van der Waals surface area contributed by atoms with Gasteiger partial charge in [-0.15, -0.1) is 0 Å². The minimum atomic E-state index is -0.603. The fourth-order valence-electron chi connectivity index (χ4n) is 2.43. The van der Waals surface area contributed by atoms with Crippen molar-refractivity contribution in [3.8, 4) is 0 Å². The number of aromatic amines is 1. The van der Waals surface area contributed by atoms with Gasteiger partial charge in [0.05, 0.1) is 16.9 Å². The van der Waals surface area contributed by atoms with E-state index in [4.69, 9.17) is 0 Å². The first-order valence-corrected chi connectivity index (χ1v) is 5.82. The van der Waals surface area contributed by atoms with E-state index in [1.807, 2.05) is 0 Å². The van der Waals surface area contributed by atoms with Gasteiger partial charge in [0.15, 0.2) is 0 Å². The number of hydrogen-bond acceptors (Lipinski definition) is 3. The summed E-state index contributed by atoms with van der Waals surface area (Å²) in [5, 5.41) is 3.03. The second kappa shape index (κ2) is 4.06. The van der Waals surface area contributed by atoms with E-state index in [-0.39, 0.29) is 16.9 Å². The molecule has 6 heteroatoms. The SMILES string of the molecule is O=c1[nH]c2cccc(F)c2c(=O)n1C1CCNC1. The number of rotatable bonds is 1. The second-order valence-electron chi connectivity index (χ2n) is 4.41. The van der Waals surface area contributed by atoms with Gasteiger partial charge in [0.2, 0.25) is 0 Å². The zero-order chi connectivity index (χ0) is 12.7. The molecule has 0 spiro atoms. The fourth-order valence-corrected chi connectivity index (χ4v) is 2.43. The molecular formula is C12H12FN3O2. The lowest BCUT2D eigenvalue weighted by Gasteiger charge is -2.12. The highest BCUT2D eigenvalue weighted by molar-refractivity contribution is 5.77. The van der Waals surface area contributed by atoms with Crippen LogP contribution in [-0.2, 0) is 0 Å². The van der Waals surface area contributed by atoms with Crippen LogP contribution in [-0.4, -0.2) is 22.6 Å². The Morgan fingerprint density at radius 3 is 2.89 bits per heavy atom. The summed E-state index contributed by atoms with van der Waals surface area (Å²) in [5.74, 6) is -0.603. The van der Waals surface area contributed by atoms with Crippen LogP contribution in [0.3, 0.4) is 0 Å². The van der Waals surface area contributed by atoms with E-state index in [1.165, 1.54) is 18.2 Å². The number of nitrogens with one attached hydrogen (secondary N) is 2. The maximum Gasteiger partial charge on any atom is 0.329 e. The Morgan fingerprint density at radius 2 is 2.17 bits per heavy atom. The number of nitrogens with zero attached hydrogens (tertiary/aromatic N) is 1. The first-order chi connectivity index (χ1) is 8.68. The molecule has 1 aliphatic heterocycles.